The van der Waals surface area contributed by atoms with Crippen molar-refractivity contribution in [3.63, 3.8) is 0 Å². The number of ether oxygens (including phenoxy) is 2. The summed E-state index contributed by atoms with van der Waals surface area (Å²) in [4.78, 5) is 56.3. The Morgan fingerprint density at radius 2 is 0.700 bits per heavy atom. The van der Waals surface area contributed by atoms with Crippen LogP contribution in [0.25, 0.3) is 43.7 Å². The highest BCUT2D eigenvalue weighted by Crippen LogP contribution is 2.30. The number of aromatic nitrogens is 2. The van der Waals surface area contributed by atoms with Gasteiger partial charge in [-0.15, -0.1) is 0 Å². The zero-order chi connectivity index (χ0) is 35.0. The fraction of sp³-hybridized carbons (Fsp3) is 0.381. The average Bonchev–Trinajstić information content (AvgIpc) is 3.43. The second kappa shape index (κ2) is 16.2. The van der Waals surface area contributed by atoms with Gasteiger partial charge in [-0.25, -0.2) is 9.13 Å². The van der Waals surface area contributed by atoms with Crippen molar-refractivity contribution in [1.29, 1.82) is 0 Å². The molecule has 4 aromatic carbocycles. The van der Waals surface area contributed by atoms with Crippen LogP contribution in [0.2, 0.25) is 0 Å². The molecule has 0 aliphatic carbocycles. The Bertz CT molecular complexity index is 2020. The fourth-order valence-corrected chi connectivity index (χ4v) is 6.87. The standard InChI is InChI=1S/C42H46N2O6/c1-3-5-7-9-11-13-27-49-31-19-15-29(16-20-31)43-39(45)33-23-24-34(40(43)46)38-36-26-25-35(37(33)38)41(47)44(42(36)48)30-17-21-32(22-18-30)50-28-14-12-10-8-6-4-2/h15-26H,3-14,27-28H2,1-2H3. The molecule has 50 heavy (non-hydrogen) atoms. The minimum atomic E-state index is -0.556. The molecule has 0 amide bonds. The minimum absolute atomic E-state index is 0.191. The van der Waals surface area contributed by atoms with E-state index in [9.17, 15) is 19.2 Å². The SMILES string of the molecule is CCCCCCCCOc1ccc(-n2c(=O)c3ccc(c2=O)c2c4ccc(c(=O)n(-c5ccc(OCCCCCCCC)cc5)c4=O)c32)cc1. The number of rotatable bonds is 18. The van der Waals surface area contributed by atoms with Crippen LogP contribution in [-0.2, 0) is 0 Å². The van der Waals surface area contributed by atoms with Crippen molar-refractivity contribution >= 4 is 32.3 Å². The molecule has 8 aromatic rings. The molecule has 0 radical (unpaired) electrons. The van der Waals surface area contributed by atoms with Crippen LogP contribution in [0.4, 0.5) is 0 Å². The van der Waals surface area contributed by atoms with Gasteiger partial charge in [-0.05, 0) is 85.6 Å². The largest absolute Gasteiger partial charge is 0.494 e. The van der Waals surface area contributed by atoms with Crippen LogP contribution < -0.4 is 31.7 Å². The molecule has 0 aliphatic heterocycles. The number of hydrogen-bond donors (Lipinski definition) is 0. The molecule has 0 aliphatic rings. The highest BCUT2D eigenvalue weighted by atomic mass is 16.5. The van der Waals surface area contributed by atoms with E-state index in [0.29, 0.717) is 46.9 Å². The molecule has 4 bridgehead atoms. The first-order valence-electron chi connectivity index (χ1n) is 18.3. The van der Waals surface area contributed by atoms with Gasteiger partial charge in [0.15, 0.2) is 0 Å². The van der Waals surface area contributed by atoms with Crippen molar-refractivity contribution in [3.05, 3.63) is 114 Å². The van der Waals surface area contributed by atoms with Gasteiger partial charge >= 0.3 is 0 Å². The maximum atomic E-state index is 14.1. The summed E-state index contributed by atoms with van der Waals surface area (Å²) in [7, 11) is 0. The van der Waals surface area contributed by atoms with Crippen LogP contribution in [0.1, 0.15) is 90.9 Å². The third-order valence-electron chi connectivity index (χ3n) is 9.62. The van der Waals surface area contributed by atoms with Gasteiger partial charge in [0.25, 0.3) is 22.2 Å². The lowest BCUT2D eigenvalue weighted by Gasteiger charge is -2.08. The van der Waals surface area contributed by atoms with Crippen molar-refractivity contribution in [2.24, 2.45) is 0 Å². The Balaban J connectivity index is 1.31. The van der Waals surface area contributed by atoms with Crippen LogP contribution in [0.3, 0.4) is 0 Å². The monoisotopic (exact) mass is 674 g/mol. The molecule has 0 atom stereocenters. The van der Waals surface area contributed by atoms with E-state index in [-0.39, 0.29) is 21.5 Å². The van der Waals surface area contributed by atoms with Gasteiger partial charge < -0.3 is 9.47 Å². The van der Waals surface area contributed by atoms with Gasteiger partial charge in [0.2, 0.25) is 0 Å². The molecule has 4 heterocycles. The average molecular weight is 675 g/mol. The van der Waals surface area contributed by atoms with E-state index in [1.807, 2.05) is 0 Å². The van der Waals surface area contributed by atoms with Crippen LogP contribution in [0.5, 0.6) is 11.5 Å². The summed E-state index contributed by atoms with van der Waals surface area (Å²) in [6.45, 7) is 5.60. The molecule has 8 heteroatoms. The Labute approximate surface area is 291 Å². The van der Waals surface area contributed by atoms with E-state index in [1.54, 1.807) is 72.8 Å². The first kappa shape index (κ1) is 34.9. The highest BCUT2D eigenvalue weighted by molar-refractivity contribution is 6.22. The van der Waals surface area contributed by atoms with Crippen LogP contribution >= 0.6 is 0 Å². The van der Waals surface area contributed by atoms with Crippen molar-refractivity contribution in [3.8, 4) is 22.9 Å². The summed E-state index contributed by atoms with van der Waals surface area (Å²) < 4.78 is 14.1. The summed E-state index contributed by atoms with van der Waals surface area (Å²) in [5.41, 5.74) is -1.45. The van der Waals surface area contributed by atoms with Gasteiger partial charge in [-0.3, -0.25) is 19.2 Å². The maximum absolute atomic E-state index is 14.1. The van der Waals surface area contributed by atoms with Crippen molar-refractivity contribution in [2.45, 2.75) is 90.9 Å². The molecular formula is C42H46N2O6. The number of benzene rings is 4. The van der Waals surface area contributed by atoms with Gasteiger partial charge in [-0.2, -0.15) is 0 Å². The lowest BCUT2D eigenvalue weighted by molar-refractivity contribution is 0.304. The summed E-state index contributed by atoms with van der Waals surface area (Å²) in [5, 5.41) is 1.40. The Morgan fingerprint density at radius 3 is 1.02 bits per heavy atom. The number of nitrogens with zero attached hydrogens (tertiary/aromatic N) is 2. The molecule has 0 spiro atoms. The van der Waals surface area contributed by atoms with Crippen molar-refractivity contribution < 1.29 is 9.47 Å². The fourth-order valence-electron chi connectivity index (χ4n) is 6.87. The smallest absolute Gasteiger partial charge is 0.265 e. The summed E-state index contributed by atoms with van der Waals surface area (Å²) >= 11 is 0. The van der Waals surface area contributed by atoms with E-state index in [2.05, 4.69) is 13.8 Å². The predicted molar refractivity (Wildman–Crippen MR) is 203 cm³/mol. The van der Waals surface area contributed by atoms with Crippen LogP contribution in [0.15, 0.2) is 92.0 Å². The molecule has 260 valence electrons. The highest BCUT2D eigenvalue weighted by Gasteiger charge is 2.22. The van der Waals surface area contributed by atoms with E-state index >= 15 is 0 Å². The number of unbranched alkanes of at least 4 members (excludes halogenated alkanes) is 10. The zero-order valence-electron chi connectivity index (χ0n) is 29.2. The Hall–Kier alpha value is -4.98. The number of fused-ring (bicyclic) bond motifs is 6. The topological polar surface area (TPSA) is 96.6 Å². The van der Waals surface area contributed by atoms with Crippen LogP contribution in [0, 0.1) is 0 Å². The predicted octanol–water partition coefficient (Wildman–Crippen LogP) is 8.52. The van der Waals surface area contributed by atoms with E-state index < -0.39 is 22.2 Å². The third kappa shape index (κ3) is 7.16. The summed E-state index contributed by atoms with van der Waals surface area (Å²) in [5.74, 6) is 1.32. The van der Waals surface area contributed by atoms with E-state index in [1.165, 1.54) is 51.4 Å². The quantitative estimate of drug-likeness (QED) is 0.0849. The van der Waals surface area contributed by atoms with Crippen molar-refractivity contribution in [2.75, 3.05) is 13.2 Å². The molecule has 0 fully saturated rings. The zero-order valence-corrected chi connectivity index (χ0v) is 29.2. The molecule has 0 unspecified atom stereocenters. The molecule has 0 saturated carbocycles. The molecular weight excluding hydrogens is 628 g/mol. The summed E-state index contributed by atoms with van der Waals surface area (Å²) in [6, 6.07) is 20.1. The second-order valence-corrected chi connectivity index (χ2v) is 13.2. The molecule has 8 rings (SSSR count). The normalized spacial score (nSPS) is 11.6. The van der Waals surface area contributed by atoms with Gasteiger partial charge in [0.1, 0.15) is 11.5 Å². The van der Waals surface area contributed by atoms with Crippen molar-refractivity contribution in [1.82, 2.24) is 9.13 Å². The van der Waals surface area contributed by atoms with Crippen LogP contribution in [-0.4, -0.2) is 22.3 Å². The molecule has 8 nitrogen and oxygen atoms in total. The lowest BCUT2D eigenvalue weighted by atomic mass is 10.00. The molecule has 0 saturated heterocycles. The second-order valence-electron chi connectivity index (χ2n) is 13.2. The van der Waals surface area contributed by atoms with Gasteiger partial charge in [0, 0.05) is 32.3 Å². The Morgan fingerprint density at radius 1 is 0.400 bits per heavy atom. The first-order chi connectivity index (χ1) is 24.4. The summed E-state index contributed by atoms with van der Waals surface area (Å²) in [6.07, 6.45) is 14.0. The minimum Gasteiger partial charge on any atom is -0.494 e. The van der Waals surface area contributed by atoms with E-state index in [4.69, 9.17) is 9.47 Å². The third-order valence-corrected chi connectivity index (χ3v) is 9.62. The van der Waals surface area contributed by atoms with Gasteiger partial charge in [-0.1, -0.05) is 78.1 Å². The maximum Gasteiger partial charge on any atom is 0.265 e. The molecule has 0 N–H and O–H groups in total. The van der Waals surface area contributed by atoms with E-state index in [0.717, 1.165) is 34.8 Å². The molecule has 4 aromatic heterocycles. The first-order valence-corrected chi connectivity index (χ1v) is 18.3. The number of hydrogen-bond acceptors (Lipinski definition) is 6. The lowest BCUT2D eigenvalue weighted by Crippen LogP contribution is -2.28. The van der Waals surface area contributed by atoms with Gasteiger partial charge in [0.05, 0.1) is 24.6 Å². The Kier molecular flexibility index (Phi) is 11.3.